The first-order chi connectivity index (χ1) is 15.2. The Balaban J connectivity index is 0.000000754. The van der Waals surface area contributed by atoms with Crippen LogP contribution in [0.25, 0.3) is 0 Å². The van der Waals surface area contributed by atoms with Gasteiger partial charge in [-0.1, -0.05) is 66.0 Å². The van der Waals surface area contributed by atoms with Gasteiger partial charge in [-0.15, -0.1) is 0 Å². The maximum atomic E-state index is 10.2. The quantitative estimate of drug-likeness (QED) is 0.349. The van der Waals surface area contributed by atoms with E-state index >= 15 is 0 Å². The molecular weight excluding hydrogens is 392 g/mol. The lowest BCUT2D eigenvalue weighted by molar-refractivity contribution is -0.0574. The highest BCUT2D eigenvalue weighted by Crippen LogP contribution is 2.67. The van der Waals surface area contributed by atoms with Crippen molar-refractivity contribution in [3.8, 4) is 0 Å². The lowest BCUT2D eigenvalue weighted by atomic mass is 9.47. The summed E-state index contributed by atoms with van der Waals surface area (Å²) in [7, 11) is 0. The van der Waals surface area contributed by atoms with E-state index in [1.807, 2.05) is 0 Å². The fourth-order valence-electron chi connectivity index (χ4n) is 8.68. The van der Waals surface area contributed by atoms with Crippen molar-refractivity contribution in [3.63, 3.8) is 0 Å². The molecule has 2 nitrogen and oxygen atoms in total. The van der Waals surface area contributed by atoms with Gasteiger partial charge in [-0.3, -0.25) is 0 Å². The molecule has 4 fully saturated rings. The van der Waals surface area contributed by atoms with Crippen molar-refractivity contribution >= 4 is 0 Å². The van der Waals surface area contributed by atoms with Crippen molar-refractivity contribution in [2.24, 2.45) is 52.3 Å². The van der Waals surface area contributed by atoms with Crippen LogP contribution in [0.3, 0.4) is 0 Å². The third-order valence-electron chi connectivity index (χ3n) is 11.3. The van der Waals surface area contributed by atoms with E-state index in [9.17, 15) is 5.11 Å². The molecule has 3 saturated carbocycles. The van der Waals surface area contributed by atoms with Gasteiger partial charge in [0.2, 0.25) is 0 Å². The van der Waals surface area contributed by atoms with Crippen LogP contribution in [0.5, 0.6) is 0 Å². The van der Waals surface area contributed by atoms with Crippen molar-refractivity contribution in [2.45, 2.75) is 112 Å². The van der Waals surface area contributed by atoms with Crippen LogP contribution in [0.15, 0.2) is 11.6 Å². The second-order valence-corrected chi connectivity index (χ2v) is 13.3. The van der Waals surface area contributed by atoms with Crippen molar-refractivity contribution in [2.75, 3.05) is 13.2 Å². The van der Waals surface area contributed by atoms with Gasteiger partial charge in [0.15, 0.2) is 0 Å². The number of aliphatic hydroxyl groups is 1. The van der Waals surface area contributed by atoms with E-state index in [0.717, 1.165) is 67.5 Å². The molecule has 4 aliphatic carbocycles. The zero-order chi connectivity index (χ0) is 23.1. The third-order valence-corrected chi connectivity index (χ3v) is 11.3. The number of epoxide rings is 1. The van der Waals surface area contributed by atoms with E-state index in [1.165, 1.54) is 51.4 Å². The standard InChI is InChI=1S/C28H48O.C2H4O/c1-18(2)19(3)7-8-20(4)24-11-12-25-23-10-9-21-17-22(29)13-15-27(21,5)26(23)14-16-28(24,25)6;1-2-3-1/h9,18-20,22-26,29H,7-8,10-17H2,1-6H3;1-2H2/t19-,20-,22+,23+,24-,25+,26+,27+,28-;/m1./s1. The molecule has 1 N–H and O–H groups in total. The molecule has 5 rings (SSSR count). The average molecular weight is 445 g/mol. The molecular formula is C30H52O2. The monoisotopic (exact) mass is 444 g/mol. The van der Waals surface area contributed by atoms with Gasteiger partial charge in [0.05, 0.1) is 19.3 Å². The Hall–Kier alpha value is -0.340. The van der Waals surface area contributed by atoms with Crippen LogP contribution in [0.2, 0.25) is 0 Å². The summed E-state index contributed by atoms with van der Waals surface area (Å²) in [4.78, 5) is 0. The molecule has 0 unspecified atom stereocenters. The molecule has 0 aromatic carbocycles. The molecule has 9 atom stereocenters. The van der Waals surface area contributed by atoms with Crippen molar-refractivity contribution in [1.29, 1.82) is 0 Å². The molecule has 0 spiro atoms. The van der Waals surface area contributed by atoms with Gasteiger partial charge in [0, 0.05) is 0 Å². The summed E-state index contributed by atoms with van der Waals surface area (Å²) in [6, 6.07) is 0. The summed E-state index contributed by atoms with van der Waals surface area (Å²) in [6.07, 6.45) is 15.7. The van der Waals surface area contributed by atoms with Gasteiger partial charge in [-0.05, 0) is 104 Å². The van der Waals surface area contributed by atoms with Gasteiger partial charge < -0.3 is 9.84 Å². The zero-order valence-electron chi connectivity index (χ0n) is 22.0. The van der Waals surface area contributed by atoms with Crippen LogP contribution in [0, 0.1) is 52.3 Å². The molecule has 0 aromatic heterocycles. The third kappa shape index (κ3) is 4.74. The van der Waals surface area contributed by atoms with Crippen molar-refractivity contribution in [1.82, 2.24) is 0 Å². The van der Waals surface area contributed by atoms with E-state index in [1.54, 1.807) is 5.57 Å². The Kier molecular flexibility index (Phi) is 7.53. The first-order valence-corrected chi connectivity index (χ1v) is 14.1. The topological polar surface area (TPSA) is 32.8 Å². The largest absolute Gasteiger partial charge is 0.393 e. The van der Waals surface area contributed by atoms with Crippen LogP contribution in [-0.2, 0) is 4.74 Å². The number of allylic oxidation sites excluding steroid dienone is 1. The molecule has 1 saturated heterocycles. The minimum absolute atomic E-state index is 0.0790. The predicted octanol–water partition coefficient (Wildman–Crippen LogP) is 7.65. The van der Waals surface area contributed by atoms with E-state index in [-0.39, 0.29) is 6.10 Å². The number of fused-ring (bicyclic) bond motifs is 5. The second kappa shape index (κ2) is 9.73. The zero-order valence-corrected chi connectivity index (χ0v) is 22.0. The number of rotatable bonds is 5. The van der Waals surface area contributed by atoms with E-state index in [0.29, 0.717) is 10.8 Å². The fourth-order valence-corrected chi connectivity index (χ4v) is 8.68. The summed E-state index contributed by atoms with van der Waals surface area (Å²) in [5, 5.41) is 10.2. The number of hydrogen-bond acceptors (Lipinski definition) is 2. The van der Waals surface area contributed by atoms with E-state index in [2.05, 4.69) is 52.4 Å². The minimum atomic E-state index is -0.0790. The second-order valence-electron chi connectivity index (χ2n) is 13.3. The Morgan fingerprint density at radius 3 is 2.34 bits per heavy atom. The number of aliphatic hydroxyl groups excluding tert-OH is 1. The Morgan fingerprint density at radius 1 is 0.969 bits per heavy atom. The summed E-state index contributed by atoms with van der Waals surface area (Å²) in [5.74, 6) is 6.24. The molecule has 0 aromatic rings. The van der Waals surface area contributed by atoms with Crippen LogP contribution in [0.4, 0.5) is 0 Å². The Labute approximate surface area is 199 Å². The van der Waals surface area contributed by atoms with Gasteiger partial charge in [0.25, 0.3) is 0 Å². The van der Waals surface area contributed by atoms with Gasteiger partial charge in [0.1, 0.15) is 0 Å². The molecule has 0 bridgehead atoms. The van der Waals surface area contributed by atoms with Crippen LogP contribution in [0.1, 0.15) is 106 Å². The molecule has 1 aliphatic heterocycles. The van der Waals surface area contributed by atoms with Crippen molar-refractivity contribution < 1.29 is 9.84 Å². The van der Waals surface area contributed by atoms with Gasteiger partial charge in [-0.25, -0.2) is 0 Å². The summed E-state index contributed by atoms with van der Waals surface area (Å²) in [6.45, 7) is 17.1. The highest BCUT2D eigenvalue weighted by molar-refractivity contribution is 5.25. The predicted molar refractivity (Wildman–Crippen MR) is 134 cm³/mol. The van der Waals surface area contributed by atoms with Crippen LogP contribution < -0.4 is 0 Å². The van der Waals surface area contributed by atoms with E-state index < -0.39 is 0 Å². The maximum Gasteiger partial charge on any atom is 0.0701 e. The molecule has 184 valence electrons. The molecule has 1 heterocycles. The number of ether oxygens (including phenoxy) is 1. The number of hydrogen-bond donors (Lipinski definition) is 1. The smallest absolute Gasteiger partial charge is 0.0701 e. The fraction of sp³-hybridized carbons (Fsp3) is 0.933. The summed E-state index contributed by atoms with van der Waals surface area (Å²) in [5.41, 5.74) is 2.59. The normalized spacial score (nSPS) is 44.4. The lowest BCUT2D eigenvalue weighted by Gasteiger charge is -2.58. The molecule has 2 heteroatoms. The summed E-state index contributed by atoms with van der Waals surface area (Å²) < 4.78 is 4.50. The Morgan fingerprint density at radius 2 is 1.69 bits per heavy atom. The summed E-state index contributed by atoms with van der Waals surface area (Å²) >= 11 is 0. The lowest BCUT2D eigenvalue weighted by Crippen LogP contribution is -2.50. The molecule has 0 radical (unpaired) electrons. The molecule has 5 aliphatic rings. The van der Waals surface area contributed by atoms with Crippen LogP contribution >= 0.6 is 0 Å². The molecule has 32 heavy (non-hydrogen) atoms. The van der Waals surface area contributed by atoms with E-state index in [4.69, 9.17) is 0 Å². The minimum Gasteiger partial charge on any atom is -0.393 e. The Bertz CT molecular complexity index is 663. The average Bonchev–Trinajstić information content (AvgIpc) is 3.59. The molecule has 0 amide bonds. The first kappa shape index (κ1) is 24.8. The SMILES string of the molecule is C1CO1.CC(C)[C@H](C)CC[C@@H](C)[C@H]1CC[C@H]2[C@@H]3CC=C4C[C@@H](O)CC[C@]4(C)[C@H]3CC[C@]12C. The highest BCUT2D eigenvalue weighted by atomic mass is 16.6. The van der Waals surface area contributed by atoms with Gasteiger partial charge >= 0.3 is 0 Å². The van der Waals surface area contributed by atoms with Crippen LogP contribution in [-0.4, -0.2) is 24.4 Å². The maximum absolute atomic E-state index is 10.2. The van der Waals surface area contributed by atoms with Gasteiger partial charge in [-0.2, -0.15) is 0 Å². The highest BCUT2D eigenvalue weighted by Gasteiger charge is 2.59. The van der Waals surface area contributed by atoms with Crippen molar-refractivity contribution in [3.05, 3.63) is 11.6 Å². The first-order valence-electron chi connectivity index (χ1n) is 14.1.